The molecule has 0 atom stereocenters. The predicted octanol–water partition coefficient (Wildman–Crippen LogP) is 5.67. The fraction of sp³-hybridized carbons (Fsp3) is 0.312. The highest BCUT2D eigenvalue weighted by Crippen LogP contribution is 2.35. The van der Waals surface area contributed by atoms with Gasteiger partial charge in [0.25, 0.3) is 0 Å². The van der Waals surface area contributed by atoms with Crippen LogP contribution in [0.1, 0.15) is 17.5 Å². The summed E-state index contributed by atoms with van der Waals surface area (Å²) >= 11 is 0. The average Bonchev–Trinajstić information content (AvgIpc) is 3.03. The summed E-state index contributed by atoms with van der Waals surface area (Å²) in [5, 5.41) is 4.29. The Morgan fingerprint density at radius 1 is 0.805 bits per heavy atom. The van der Waals surface area contributed by atoms with Gasteiger partial charge in [-0.15, -0.1) is 0 Å². The molecule has 2 heterocycles. The Bertz CT molecular complexity index is 1470. The number of hydrogen-bond donors (Lipinski definition) is 1. The highest BCUT2D eigenvalue weighted by molar-refractivity contribution is 5.93. The lowest BCUT2D eigenvalue weighted by Crippen LogP contribution is -2.37. The molecular weight excluding hydrogens is 520 g/mol. The summed E-state index contributed by atoms with van der Waals surface area (Å²) in [5.74, 6) is 3.43. The maximum atomic E-state index is 6.15. The predicted molar refractivity (Wildman–Crippen MR) is 162 cm³/mol. The van der Waals surface area contributed by atoms with Crippen molar-refractivity contribution in [2.24, 2.45) is 0 Å². The molecule has 0 spiro atoms. The maximum absolute atomic E-state index is 6.15. The second-order valence-electron chi connectivity index (χ2n) is 9.59. The van der Waals surface area contributed by atoms with Crippen LogP contribution in [0.25, 0.3) is 23.1 Å². The van der Waals surface area contributed by atoms with E-state index in [4.69, 9.17) is 23.7 Å². The lowest BCUT2D eigenvalue weighted by molar-refractivity contribution is 0.0357. The summed E-state index contributed by atoms with van der Waals surface area (Å²) in [5.41, 5.74) is 3.77. The van der Waals surface area contributed by atoms with Crippen LogP contribution < -0.4 is 24.3 Å². The number of ether oxygens (including phenoxy) is 5. The molecule has 0 aliphatic carbocycles. The van der Waals surface area contributed by atoms with Gasteiger partial charge >= 0.3 is 0 Å². The number of anilines is 2. The van der Waals surface area contributed by atoms with Crippen LogP contribution in [0.5, 0.6) is 23.0 Å². The zero-order chi connectivity index (χ0) is 28.4. The number of methoxy groups -OCH3 is 3. The van der Waals surface area contributed by atoms with Crippen LogP contribution in [0.15, 0.2) is 60.9 Å². The topological polar surface area (TPSA) is 87.2 Å². The standard InChI is InChI=1S/C32H36N4O5/c1-37-28-12-9-24(19-29(28)38-2)6-5-23-7-10-25(11-8-23)35-32-26-20-31(30(39-3)21-27(26)33-22-34-32)41-16-4-13-36-14-17-40-18-15-36/h5-12,19-22H,4,13-18H2,1-3H3,(H,33,34,35)/b6-5+. The van der Waals surface area contributed by atoms with Gasteiger partial charge < -0.3 is 29.0 Å². The Morgan fingerprint density at radius 3 is 2.27 bits per heavy atom. The van der Waals surface area contributed by atoms with Crippen molar-refractivity contribution in [1.82, 2.24) is 14.9 Å². The minimum Gasteiger partial charge on any atom is -0.493 e. The molecule has 0 unspecified atom stereocenters. The quantitative estimate of drug-likeness (QED) is 0.175. The molecule has 4 aromatic rings. The van der Waals surface area contributed by atoms with Crippen LogP contribution in [-0.2, 0) is 4.74 Å². The first-order valence-corrected chi connectivity index (χ1v) is 13.7. The van der Waals surface area contributed by atoms with Gasteiger partial charge in [-0.25, -0.2) is 9.97 Å². The van der Waals surface area contributed by atoms with Crippen molar-refractivity contribution >= 4 is 34.6 Å². The van der Waals surface area contributed by atoms with E-state index in [1.165, 1.54) is 0 Å². The van der Waals surface area contributed by atoms with Crippen molar-refractivity contribution in [3.8, 4) is 23.0 Å². The molecule has 214 valence electrons. The normalized spacial score (nSPS) is 13.8. The van der Waals surface area contributed by atoms with Crippen molar-refractivity contribution in [2.45, 2.75) is 6.42 Å². The molecule has 1 aromatic heterocycles. The third-order valence-electron chi connectivity index (χ3n) is 6.95. The molecule has 1 saturated heterocycles. The molecule has 0 saturated carbocycles. The van der Waals surface area contributed by atoms with E-state index in [-0.39, 0.29) is 0 Å². The molecule has 9 nitrogen and oxygen atoms in total. The van der Waals surface area contributed by atoms with Crippen LogP contribution in [0, 0.1) is 0 Å². The molecule has 0 bridgehead atoms. The van der Waals surface area contributed by atoms with Crippen LogP contribution in [-0.4, -0.2) is 75.7 Å². The summed E-state index contributed by atoms with van der Waals surface area (Å²) in [4.78, 5) is 11.4. The van der Waals surface area contributed by atoms with E-state index < -0.39 is 0 Å². The van der Waals surface area contributed by atoms with Crippen LogP contribution in [0.4, 0.5) is 11.5 Å². The van der Waals surface area contributed by atoms with Gasteiger partial charge in [0.2, 0.25) is 0 Å². The molecule has 0 radical (unpaired) electrons. The number of rotatable bonds is 12. The van der Waals surface area contributed by atoms with Gasteiger partial charge in [-0.1, -0.05) is 30.4 Å². The highest BCUT2D eigenvalue weighted by Gasteiger charge is 2.13. The van der Waals surface area contributed by atoms with Gasteiger partial charge in [-0.3, -0.25) is 4.90 Å². The third kappa shape index (κ3) is 7.25. The number of fused-ring (bicyclic) bond motifs is 1. The molecular formula is C32H36N4O5. The summed E-state index contributed by atoms with van der Waals surface area (Å²) in [7, 11) is 4.91. The first-order valence-electron chi connectivity index (χ1n) is 13.7. The van der Waals surface area contributed by atoms with Crippen LogP contribution >= 0.6 is 0 Å². The highest BCUT2D eigenvalue weighted by atomic mass is 16.5. The van der Waals surface area contributed by atoms with Gasteiger partial charge in [0.15, 0.2) is 23.0 Å². The number of hydrogen-bond acceptors (Lipinski definition) is 9. The van der Waals surface area contributed by atoms with Crippen molar-refractivity contribution in [3.05, 3.63) is 72.1 Å². The second-order valence-corrected chi connectivity index (χ2v) is 9.59. The van der Waals surface area contributed by atoms with Crippen LogP contribution in [0.3, 0.4) is 0 Å². The molecule has 0 amide bonds. The van der Waals surface area contributed by atoms with E-state index in [0.717, 1.165) is 67.0 Å². The molecule has 1 fully saturated rings. The molecule has 1 N–H and O–H groups in total. The maximum Gasteiger partial charge on any atom is 0.162 e. The Balaban J connectivity index is 1.26. The minimum absolute atomic E-state index is 0.591. The number of nitrogens with zero attached hydrogens (tertiary/aromatic N) is 3. The van der Waals surface area contributed by atoms with E-state index >= 15 is 0 Å². The zero-order valence-corrected chi connectivity index (χ0v) is 23.8. The minimum atomic E-state index is 0.591. The van der Waals surface area contributed by atoms with E-state index in [9.17, 15) is 0 Å². The van der Waals surface area contributed by atoms with E-state index in [1.807, 2.05) is 48.5 Å². The molecule has 41 heavy (non-hydrogen) atoms. The van der Waals surface area contributed by atoms with Crippen molar-refractivity contribution in [2.75, 3.05) is 66.1 Å². The fourth-order valence-corrected chi connectivity index (χ4v) is 4.69. The van der Waals surface area contributed by atoms with E-state index in [1.54, 1.807) is 27.7 Å². The molecule has 1 aliphatic heterocycles. The third-order valence-corrected chi connectivity index (χ3v) is 6.95. The van der Waals surface area contributed by atoms with E-state index in [2.05, 4.69) is 38.4 Å². The number of morpholine rings is 1. The lowest BCUT2D eigenvalue weighted by Gasteiger charge is -2.26. The van der Waals surface area contributed by atoms with Gasteiger partial charge in [-0.05, 0) is 47.9 Å². The summed E-state index contributed by atoms with van der Waals surface area (Å²) < 4.78 is 27.9. The Morgan fingerprint density at radius 2 is 1.51 bits per heavy atom. The summed E-state index contributed by atoms with van der Waals surface area (Å²) in [6, 6.07) is 17.8. The van der Waals surface area contributed by atoms with Gasteiger partial charge in [0.1, 0.15) is 12.1 Å². The van der Waals surface area contributed by atoms with Crippen molar-refractivity contribution in [3.63, 3.8) is 0 Å². The molecule has 3 aromatic carbocycles. The summed E-state index contributed by atoms with van der Waals surface area (Å²) in [6.45, 7) is 5.12. The second kappa shape index (κ2) is 13.8. The van der Waals surface area contributed by atoms with Crippen LogP contribution in [0.2, 0.25) is 0 Å². The fourth-order valence-electron chi connectivity index (χ4n) is 4.69. The number of nitrogens with one attached hydrogen (secondary N) is 1. The number of benzene rings is 3. The zero-order valence-electron chi connectivity index (χ0n) is 23.8. The smallest absolute Gasteiger partial charge is 0.162 e. The average molecular weight is 557 g/mol. The Kier molecular flexibility index (Phi) is 9.51. The summed E-state index contributed by atoms with van der Waals surface area (Å²) in [6.07, 6.45) is 6.57. The van der Waals surface area contributed by atoms with Gasteiger partial charge in [0, 0.05) is 36.8 Å². The first kappa shape index (κ1) is 28.2. The van der Waals surface area contributed by atoms with Gasteiger partial charge in [-0.2, -0.15) is 0 Å². The molecule has 9 heteroatoms. The monoisotopic (exact) mass is 556 g/mol. The first-order chi connectivity index (χ1) is 20.2. The van der Waals surface area contributed by atoms with Gasteiger partial charge in [0.05, 0.1) is 46.7 Å². The van der Waals surface area contributed by atoms with E-state index in [0.29, 0.717) is 35.4 Å². The lowest BCUT2D eigenvalue weighted by atomic mass is 10.1. The Hall–Kier alpha value is -4.34. The molecule has 5 rings (SSSR count). The number of aromatic nitrogens is 2. The van der Waals surface area contributed by atoms with Crippen molar-refractivity contribution in [1.29, 1.82) is 0 Å². The molecule has 1 aliphatic rings. The SMILES string of the molecule is COc1ccc(/C=C/c2ccc(Nc3ncnc4cc(OC)c(OCCCN5CCOCC5)cc34)cc2)cc1OC. The van der Waals surface area contributed by atoms with Crippen molar-refractivity contribution < 1.29 is 23.7 Å². The largest absolute Gasteiger partial charge is 0.493 e. The Labute approximate surface area is 240 Å².